The maximum atomic E-state index is 12.8. The van der Waals surface area contributed by atoms with E-state index < -0.39 is 23.5 Å². The van der Waals surface area contributed by atoms with Gasteiger partial charge in [0, 0.05) is 16.4 Å². The van der Waals surface area contributed by atoms with Gasteiger partial charge in [-0.05, 0) is 56.7 Å². The number of phenols is 1. The van der Waals surface area contributed by atoms with E-state index in [0.717, 1.165) is 11.4 Å². The van der Waals surface area contributed by atoms with Gasteiger partial charge < -0.3 is 20.0 Å². The van der Waals surface area contributed by atoms with Crippen molar-refractivity contribution < 1.29 is 19.8 Å². The highest BCUT2D eigenvalue weighted by Crippen LogP contribution is 2.42. The summed E-state index contributed by atoms with van der Waals surface area (Å²) in [5.74, 6) is -2.06. The molecule has 148 valence electrons. The van der Waals surface area contributed by atoms with Crippen LogP contribution >= 0.6 is 22.9 Å². The number of hydrogen-bond donors (Lipinski definition) is 2. The third-order valence-electron chi connectivity index (χ3n) is 4.57. The molecule has 1 amide bonds. The molecule has 1 saturated heterocycles. The van der Waals surface area contributed by atoms with Crippen LogP contribution in [0.15, 0.2) is 41.3 Å². The number of ketones is 1. The van der Waals surface area contributed by atoms with E-state index in [2.05, 4.69) is 0 Å². The first-order chi connectivity index (χ1) is 13.3. The van der Waals surface area contributed by atoms with Gasteiger partial charge in [0.1, 0.15) is 11.5 Å². The molecule has 2 aromatic rings. The molecule has 1 aliphatic heterocycles. The van der Waals surface area contributed by atoms with Crippen LogP contribution in [0.2, 0.25) is 5.02 Å². The van der Waals surface area contributed by atoms with Crippen molar-refractivity contribution in [3.63, 3.8) is 0 Å². The predicted octanol–water partition coefficient (Wildman–Crippen LogP) is 3.48. The van der Waals surface area contributed by atoms with Gasteiger partial charge in [-0.1, -0.05) is 17.7 Å². The number of halogens is 1. The number of aliphatic hydroxyl groups excluding tert-OH is 1. The van der Waals surface area contributed by atoms with E-state index in [-0.39, 0.29) is 16.9 Å². The van der Waals surface area contributed by atoms with Crippen LogP contribution in [0, 0.1) is 0 Å². The van der Waals surface area contributed by atoms with Gasteiger partial charge in [0.05, 0.1) is 17.2 Å². The van der Waals surface area contributed by atoms with Crippen LogP contribution in [-0.4, -0.2) is 58.9 Å². The second kappa shape index (κ2) is 8.34. The van der Waals surface area contributed by atoms with Crippen molar-refractivity contribution in [1.82, 2.24) is 9.80 Å². The number of aromatic hydroxyl groups is 1. The number of aliphatic hydroxyl groups is 1. The van der Waals surface area contributed by atoms with Crippen LogP contribution in [0.1, 0.15) is 22.9 Å². The summed E-state index contributed by atoms with van der Waals surface area (Å²) in [6, 6.07) is 7.15. The fourth-order valence-corrected chi connectivity index (χ4v) is 4.27. The summed E-state index contributed by atoms with van der Waals surface area (Å²) in [4.78, 5) is 29.8. The Morgan fingerprint density at radius 1 is 1.29 bits per heavy atom. The molecule has 0 aliphatic carbocycles. The van der Waals surface area contributed by atoms with Gasteiger partial charge in [0.25, 0.3) is 11.7 Å². The van der Waals surface area contributed by atoms with Crippen molar-refractivity contribution in [3.05, 3.63) is 56.7 Å². The summed E-state index contributed by atoms with van der Waals surface area (Å²) in [6.07, 6.45) is 0.685. The largest absolute Gasteiger partial charge is 0.507 e. The fourth-order valence-electron chi connectivity index (χ4n) is 3.25. The van der Waals surface area contributed by atoms with Gasteiger partial charge in [0.2, 0.25) is 0 Å². The highest BCUT2D eigenvalue weighted by molar-refractivity contribution is 7.10. The van der Waals surface area contributed by atoms with E-state index in [1.165, 1.54) is 34.4 Å². The average molecular weight is 421 g/mol. The molecule has 0 saturated carbocycles. The number of benzene rings is 1. The third kappa shape index (κ3) is 3.92. The van der Waals surface area contributed by atoms with Crippen LogP contribution in [0.25, 0.3) is 5.76 Å². The molecular weight excluding hydrogens is 400 g/mol. The van der Waals surface area contributed by atoms with Crippen molar-refractivity contribution in [3.8, 4) is 5.75 Å². The van der Waals surface area contributed by atoms with Crippen LogP contribution in [0.3, 0.4) is 0 Å². The number of carbonyl (C=O) groups excluding carboxylic acids is 2. The average Bonchev–Trinajstić information content (AvgIpc) is 3.25. The van der Waals surface area contributed by atoms with Crippen molar-refractivity contribution in [2.24, 2.45) is 0 Å². The normalized spacial score (nSPS) is 19.0. The Hall–Kier alpha value is -2.35. The zero-order valence-corrected chi connectivity index (χ0v) is 17.1. The SMILES string of the molecule is CN(C)CCCN1C(=O)C(=O)/C(=C(/O)c2cc(Cl)ccc2O)C1c1cccs1. The number of carbonyl (C=O) groups is 2. The predicted molar refractivity (Wildman–Crippen MR) is 110 cm³/mol. The summed E-state index contributed by atoms with van der Waals surface area (Å²) < 4.78 is 0. The molecule has 1 atom stereocenters. The van der Waals surface area contributed by atoms with Gasteiger partial charge in [-0.15, -0.1) is 11.3 Å². The Morgan fingerprint density at radius 3 is 2.68 bits per heavy atom. The molecule has 6 nitrogen and oxygen atoms in total. The van der Waals surface area contributed by atoms with E-state index in [0.29, 0.717) is 18.0 Å². The van der Waals surface area contributed by atoms with Crippen molar-refractivity contribution in [2.45, 2.75) is 12.5 Å². The standard InChI is InChI=1S/C20H21ClN2O4S/c1-22(2)8-4-9-23-17(15-5-3-10-28-15)16(19(26)20(23)27)18(25)13-11-12(21)6-7-14(13)24/h3,5-7,10-11,17,24-25H,4,8-9H2,1-2H3/b18-16+. The Kier molecular flexibility index (Phi) is 6.07. The minimum Gasteiger partial charge on any atom is -0.507 e. The van der Waals surface area contributed by atoms with E-state index >= 15 is 0 Å². The molecule has 1 aromatic heterocycles. The molecule has 2 N–H and O–H groups in total. The van der Waals surface area contributed by atoms with E-state index in [1.807, 2.05) is 36.5 Å². The first-order valence-electron chi connectivity index (χ1n) is 8.76. The Bertz CT molecular complexity index is 924. The number of rotatable bonds is 6. The van der Waals surface area contributed by atoms with Gasteiger partial charge >= 0.3 is 0 Å². The first-order valence-corrected chi connectivity index (χ1v) is 10.0. The minimum absolute atomic E-state index is 0.0281. The molecule has 8 heteroatoms. The molecule has 1 aliphatic rings. The number of amides is 1. The Balaban J connectivity index is 2.09. The van der Waals surface area contributed by atoms with E-state index in [4.69, 9.17) is 11.6 Å². The topological polar surface area (TPSA) is 81.1 Å². The van der Waals surface area contributed by atoms with Crippen molar-refractivity contribution in [1.29, 1.82) is 0 Å². The van der Waals surface area contributed by atoms with Gasteiger partial charge in [-0.2, -0.15) is 0 Å². The fraction of sp³-hybridized carbons (Fsp3) is 0.300. The Labute approximate surface area is 172 Å². The minimum atomic E-state index is -0.764. The van der Waals surface area contributed by atoms with Crippen LogP contribution < -0.4 is 0 Å². The zero-order chi connectivity index (χ0) is 20.4. The number of phenolic OH excluding ortho intramolecular Hbond substituents is 1. The Morgan fingerprint density at radius 2 is 2.04 bits per heavy atom. The van der Waals surface area contributed by atoms with Gasteiger partial charge in [-0.25, -0.2) is 0 Å². The summed E-state index contributed by atoms with van der Waals surface area (Å²) in [5, 5.41) is 23.2. The molecule has 0 spiro atoms. The molecule has 3 rings (SSSR count). The lowest BCUT2D eigenvalue weighted by atomic mass is 9.99. The summed E-state index contributed by atoms with van der Waals surface area (Å²) >= 11 is 7.39. The molecule has 1 aromatic carbocycles. The molecular formula is C20H21ClN2O4S. The molecule has 2 heterocycles. The summed E-state index contributed by atoms with van der Waals surface area (Å²) in [7, 11) is 3.87. The quantitative estimate of drug-likeness (QED) is 0.425. The monoisotopic (exact) mass is 420 g/mol. The lowest BCUT2D eigenvalue weighted by molar-refractivity contribution is -0.139. The first kappa shape index (κ1) is 20.4. The molecule has 0 bridgehead atoms. The molecule has 0 radical (unpaired) electrons. The maximum Gasteiger partial charge on any atom is 0.295 e. The highest BCUT2D eigenvalue weighted by atomic mass is 35.5. The summed E-state index contributed by atoms with van der Waals surface area (Å²) in [5.41, 5.74) is -0.00443. The second-order valence-corrected chi connectivity index (χ2v) is 8.24. The highest BCUT2D eigenvalue weighted by Gasteiger charge is 2.46. The van der Waals surface area contributed by atoms with Crippen LogP contribution in [0.4, 0.5) is 0 Å². The van der Waals surface area contributed by atoms with E-state index in [1.54, 1.807) is 0 Å². The van der Waals surface area contributed by atoms with Gasteiger partial charge in [-0.3, -0.25) is 9.59 Å². The molecule has 1 unspecified atom stereocenters. The smallest absolute Gasteiger partial charge is 0.295 e. The third-order valence-corrected chi connectivity index (χ3v) is 5.73. The van der Waals surface area contributed by atoms with Crippen molar-refractivity contribution in [2.75, 3.05) is 27.2 Å². The number of Topliss-reactive ketones (excluding diaryl/α,β-unsaturated/α-hetero) is 1. The second-order valence-electron chi connectivity index (χ2n) is 6.83. The maximum absolute atomic E-state index is 12.8. The number of nitrogens with zero attached hydrogens (tertiary/aromatic N) is 2. The van der Waals surface area contributed by atoms with Crippen molar-refractivity contribution >= 4 is 40.4 Å². The lowest BCUT2D eigenvalue weighted by Crippen LogP contribution is -2.32. The lowest BCUT2D eigenvalue weighted by Gasteiger charge is -2.24. The molecule has 28 heavy (non-hydrogen) atoms. The number of thiophene rings is 1. The number of likely N-dealkylation sites (tertiary alicyclic amines) is 1. The van der Waals surface area contributed by atoms with Gasteiger partial charge in [0.15, 0.2) is 0 Å². The number of hydrogen-bond acceptors (Lipinski definition) is 6. The molecule has 1 fully saturated rings. The van der Waals surface area contributed by atoms with Crippen LogP contribution in [0.5, 0.6) is 5.75 Å². The van der Waals surface area contributed by atoms with E-state index in [9.17, 15) is 19.8 Å². The zero-order valence-electron chi connectivity index (χ0n) is 15.6. The summed E-state index contributed by atoms with van der Waals surface area (Å²) in [6.45, 7) is 1.14. The van der Waals surface area contributed by atoms with Crippen LogP contribution in [-0.2, 0) is 9.59 Å².